The number of hydrogen-bond donors (Lipinski definition) is 2. The minimum absolute atomic E-state index is 0.590. The van der Waals surface area contributed by atoms with Gasteiger partial charge in [0.2, 0.25) is 0 Å². The summed E-state index contributed by atoms with van der Waals surface area (Å²) in [6.45, 7) is 7.61. The minimum atomic E-state index is -0.590. The second kappa shape index (κ2) is 3.77. The molecule has 0 aromatic carbocycles. The lowest BCUT2D eigenvalue weighted by molar-refractivity contribution is 0.00356. The molecule has 0 aliphatic carbocycles. The van der Waals surface area contributed by atoms with Crippen LogP contribution >= 0.6 is 0 Å². The third-order valence-corrected chi connectivity index (χ3v) is 3.26. The van der Waals surface area contributed by atoms with Crippen molar-refractivity contribution in [2.75, 3.05) is 26.2 Å². The van der Waals surface area contributed by atoms with Gasteiger partial charge in [0.1, 0.15) is 0 Å². The third kappa shape index (κ3) is 2.45. The van der Waals surface area contributed by atoms with Crippen molar-refractivity contribution in [3.05, 3.63) is 0 Å². The first-order valence-electron chi connectivity index (χ1n) is 5.42. The number of aliphatic hydroxyl groups excluding tert-OH is 2. The summed E-state index contributed by atoms with van der Waals surface area (Å²) in [4.78, 5) is 4.33. The molecular weight excluding hydrogens is 180 g/mol. The zero-order valence-electron chi connectivity index (χ0n) is 8.93. The fourth-order valence-electron chi connectivity index (χ4n) is 1.82. The van der Waals surface area contributed by atoms with Crippen molar-refractivity contribution < 1.29 is 10.2 Å². The molecule has 2 heterocycles. The number of hydrogen-bond acceptors (Lipinski definition) is 4. The van der Waals surface area contributed by atoms with Gasteiger partial charge in [0, 0.05) is 38.3 Å². The smallest absolute Gasteiger partial charge is 0.0938 e. The van der Waals surface area contributed by atoms with Crippen LogP contribution in [0.15, 0.2) is 0 Å². The van der Waals surface area contributed by atoms with E-state index >= 15 is 0 Å². The molecule has 0 spiro atoms. The Morgan fingerprint density at radius 1 is 1.00 bits per heavy atom. The molecule has 2 aliphatic heterocycles. The molecule has 0 bridgehead atoms. The first-order chi connectivity index (χ1) is 6.58. The van der Waals surface area contributed by atoms with Gasteiger partial charge < -0.3 is 10.2 Å². The summed E-state index contributed by atoms with van der Waals surface area (Å²) in [5.41, 5.74) is 0. The number of β-amino-alcohol motifs (C(OH)–C–C–N with tert-alkyl or cyclic N) is 2. The van der Waals surface area contributed by atoms with Crippen LogP contribution in [0.1, 0.15) is 13.8 Å². The number of nitrogens with zero attached hydrogens (tertiary/aromatic N) is 2. The van der Waals surface area contributed by atoms with E-state index in [0.717, 1.165) is 13.1 Å². The molecule has 14 heavy (non-hydrogen) atoms. The standard InChI is InChI=1S/C10H20N2O2/c1-7-3-11(7)5-9(13)10(14)6-12-4-8(12)2/h7-10,13-14H,3-6H2,1-2H3. The number of rotatable bonds is 5. The van der Waals surface area contributed by atoms with Crippen LogP contribution in [0.25, 0.3) is 0 Å². The van der Waals surface area contributed by atoms with Gasteiger partial charge >= 0.3 is 0 Å². The minimum Gasteiger partial charge on any atom is -0.389 e. The topological polar surface area (TPSA) is 46.5 Å². The van der Waals surface area contributed by atoms with Gasteiger partial charge in [-0.2, -0.15) is 0 Å². The average Bonchev–Trinajstić information content (AvgIpc) is 2.96. The van der Waals surface area contributed by atoms with Crippen molar-refractivity contribution in [2.45, 2.75) is 38.1 Å². The van der Waals surface area contributed by atoms with Crippen molar-refractivity contribution >= 4 is 0 Å². The first kappa shape index (κ1) is 10.4. The fraction of sp³-hybridized carbons (Fsp3) is 1.00. The van der Waals surface area contributed by atoms with E-state index in [4.69, 9.17) is 0 Å². The molecule has 82 valence electrons. The zero-order chi connectivity index (χ0) is 10.3. The van der Waals surface area contributed by atoms with Crippen molar-refractivity contribution in [1.82, 2.24) is 9.80 Å². The predicted octanol–water partition coefficient (Wildman–Crippen LogP) is -0.884. The third-order valence-electron chi connectivity index (χ3n) is 3.26. The Hall–Kier alpha value is -0.160. The SMILES string of the molecule is CC1CN1CC(O)C(O)CN1CC1C. The van der Waals surface area contributed by atoms with Crippen LogP contribution < -0.4 is 0 Å². The van der Waals surface area contributed by atoms with Gasteiger partial charge in [0.15, 0.2) is 0 Å². The Kier molecular flexibility index (Phi) is 2.79. The Balaban J connectivity index is 1.65. The van der Waals surface area contributed by atoms with E-state index in [-0.39, 0.29) is 0 Å². The van der Waals surface area contributed by atoms with E-state index in [2.05, 4.69) is 23.6 Å². The predicted molar refractivity (Wildman–Crippen MR) is 54.1 cm³/mol. The first-order valence-corrected chi connectivity index (χ1v) is 5.42. The maximum atomic E-state index is 9.69. The summed E-state index contributed by atoms with van der Waals surface area (Å²) in [6, 6.07) is 1.19. The van der Waals surface area contributed by atoms with Crippen LogP contribution in [0.4, 0.5) is 0 Å². The molecule has 0 saturated carbocycles. The van der Waals surface area contributed by atoms with Crippen molar-refractivity contribution in [3.8, 4) is 0 Å². The normalized spacial score (nSPS) is 44.6. The van der Waals surface area contributed by atoms with E-state index in [0.29, 0.717) is 25.2 Å². The Morgan fingerprint density at radius 3 is 1.50 bits per heavy atom. The maximum Gasteiger partial charge on any atom is 0.0938 e. The molecule has 2 rings (SSSR count). The highest BCUT2D eigenvalue weighted by atomic mass is 16.3. The quantitative estimate of drug-likeness (QED) is 0.566. The highest BCUT2D eigenvalue weighted by molar-refractivity contribution is 4.91. The number of aliphatic hydroxyl groups is 2. The molecule has 4 nitrogen and oxygen atoms in total. The molecule has 6 atom stereocenters. The van der Waals surface area contributed by atoms with Gasteiger partial charge in [-0.25, -0.2) is 0 Å². The molecule has 0 aromatic rings. The van der Waals surface area contributed by atoms with E-state index in [1.165, 1.54) is 0 Å². The highest BCUT2D eigenvalue weighted by Gasteiger charge is 2.36. The Morgan fingerprint density at radius 2 is 1.29 bits per heavy atom. The van der Waals surface area contributed by atoms with E-state index in [9.17, 15) is 10.2 Å². The highest BCUT2D eigenvalue weighted by Crippen LogP contribution is 2.19. The van der Waals surface area contributed by atoms with E-state index in [1.54, 1.807) is 0 Å². The molecule has 0 aromatic heterocycles. The second-order valence-corrected chi connectivity index (χ2v) is 4.74. The van der Waals surface area contributed by atoms with Crippen molar-refractivity contribution in [1.29, 1.82) is 0 Å². The lowest BCUT2D eigenvalue weighted by Crippen LogP contribution is -2.37. The molecule has 2 fully saturated rings. The summed E-state index contributed by atoms with van der Waals surface area (Å²) in [7, 11) is 0. The van der Waals surface area contributed by atoms with Gasteiger partial charge in [-0.15, -0.1) is 0 Å². The fourth-order valence-corrected chi connectivity index (χ4v) is 1.82. The van der Waals surface area contributed by atoms with Crippen LogP contribution in [-0.2, 0) is 0 Å². The van der Waals surface area contributed by atoms with Crippen LogP contribution in [0.3, 0.4) is 0 Å². The summed E-state index contributed by atoms with van der Waals surface area (Å²) in [5.74, 6) is 0. The van der Waals surface area contributed by atoms with Gasteiger partial charge in [-0.3, -0.25) is 9.80 Å². The largest absolute Gasteiger partial charge is 0.389 e. The van der Waals surface area contributed by atoms with E-state index in [1.807, 2.05) is 0 Å². The van der Waals surface area contributed by atoms with Crippen molar-refractivity contribution in [3.63, 3.8) is 0 Å². The lowest BCUT2D eigenvalue weighted by atomic mass is 10.2. The summed E-state index contributed by atoms with van der Waals surface area (Å²) < 4.78 is 0. The molecule has 6 unspecified atom stereocenters. The summed E-state index contributed by atoms with van der Waals surface area (Å²) in [5, 5.41) is 19.4. The summed E-state index contributed by atoms with van der Waals surface area (Å²) in [6.07, 6.45) is -1.18. The maximum absolute atomic E-state index is 9.69. The van der Waals surface area contributed by atoms with E-state index < -0.39 is 12.2 Å². The van der Waals surface area contributed by atoms with Gasteiger partial charge in [0.05, 0.1) is 12.2 Å². The van der Waals surface area contributed by atoms with Crippen LogP contribution in [-0.4, -0.2) is 70.5 Å². The molecule has 2 saturated heterocycles. The van der Waals surface area contributed by atoms with Gasteiger partial charge in [0.25, 0.3) is 0 Å². The Bertz CT molecular complexity index is 190. The lowest BCUT2D eigenvalue weighted by Gasteiger charge is -2.18. The van der Waals surface area contributed by atoms with Crippen LogP contribution in [0.5, 0.6) is 0 Å². The van der Waals surface area contributed by atoms with Crippen LogP contribution in [0, 0.1) is 0 Å². The molecule has 0 radical (unpaired) electrons. The molecule has 4 heteroatoms. The molecular formula is C10H20N2O2. The zero-order valence-corrected chi connectivity index (χ0v) is 8.93. The molecule has 0 amide bonds. The summed E-state index contributed by atoms with van der Waals surface area (Å²) >= 11 is 0. The average molecular weight is 200 g/mol. The van der Waals surface area contributed by atoms with Crippen LogP contribution in [0.2, 0.25) is 0 Å². The second-order valence-electron chi connectivity index (χ2n) is 4.74. The van der Waals surface area contributed by atoms with Gasteiger partial charge in [-0.05, 0) is 13.8 Å². The molecule has 2 aliphatic rings. The molecule has 2 N–H and O–H groups in total. The van der Waals surface area contributed by atoms with Crippen molar-refractivity contribution in [2.24, 2.45) is 0 Å². The van der Waals surface area contributed by atoms with Gasteiger partial charge in [-0.1, -0.05) is 0 Å². The Labute approximate surface area is 85.1 Å². The monoisotopic (exact) mass is 200 g/mol.